The van der Waals surface area contributed by atoms with E-state index in [9.17, 15) is 19.5 Å². The third-order valence-electron chi connectivity index (χ3n) is 6.02. The summed E-state index contributed by atoms with van der Waals surface area (Å²) in [5.74, 6) is -0.259. The number of pyridine rings is 3. The Kier molecular flexibility index (Phi) is 6.14. The fourth-order valence-electron chi connectivity index (χ4n) is 4.06. The van der Waals surface area contributed by atoms with Gasteiger partial charge in [0.1, 0.15) is 22.9 Å². The van der Waals surface area contributed by atoms with Gasteiger partial charge in [-0.1, -0.05) is 0 Å². The van der Waals surface area contributed by atoms with E-state index in [1.54, 1.807) is 38.4 Å². The number of carbonyl (C=O) groups is 2. The number of carbonyl (C=O) groups excluding carboxylic acids is 1. The summed E-state index contributed by atoms with van der Waals surface area (Å²) in [5.41, 5.74) is 0.431. The minimum Gasteiger partial charge on any atom is -0.495 e. The minimum absolute atomic E-state index is 0.00190. The summed E-state index contributed by atoms with van der Waals surface area (Å²) >= 11 is 6.84. The average molecular weight is 527 g/mol. The second-order valence-corrected chi connectivity index (χ2v) is 9.39. The van der Waals surface area contributed by atoms with E-state index in [2.05, 4.69) is 19.3 Å². The van der Waals surface area contributed by atoms with Crippen molar-refractivity contribution in [3.05, 3.63) is 62.9 Å². The van der Waals surface area contributed by atoms with Crippen LogP contribution in [-0.4, -0.2) is 61.0 Å². The van der Waals surface area contributed by atoms with Gasteiger partial charge in [-0.05, 0) is 42.3 Å². The van der Waals surface area contributed by atoms with Crippen LogP contribution >= 0.6 is 23.1 Å². The lowest BCUT2D eigenvalue weighted by Gasteiger charge is -2.39. The van der Waals surface area contributed by atoms with Crippen LogP contribution in [0, 0.1) is 12.8 Å². The number of fused-ring (bicyclic) bond motifs is 1. The lowest BCUT2D eigenvalue weighted by Crippen LogP contribution is -2.51. The Morgan fingerprint density at radius 2 is 2.06 bits per heavy atom. The van der Waals surface area contributed by atoms with Crippen LogP contribution in [0.4, 0.5) is 5.82 Å². The third kappa shape index (κ3) is 4.29. The first-order chi connectivity index (χ1) is 17.2. The van der Waals surface area contributed by atoms with Crippen LogP contribution in [0.3, 0.4) is 0 Å². The number of Topliss-reactive ketones (excluding diaryl/α,β-unsaturated/α-hetero) is 1. The molecule has 36 heavy (non-hydrogen) atoms. The van der Waals surface area contributed by atoms with E-state index < -0.39 is 17.0 Å². The van der Waals surface area contributed by atoms with Crippen molar-refractivity contribution in [3.8, 4) is 10.9 Å². The number of halogens is 1. The van der Waals surface area contributed by atoms with Crippen molar-refractivity contribution < 1.29 is 19.4 Å². The highest BCUT2D eigenvalue weighted by Crippen LogP contribution is 2.29. The molecule has 1 saturated heterocycles. The van der Waals surface area contributed by atoms with Crippen molar-refractivity contribution in [1.29, 1.82) is 0 Å². The lowest BCUT2D eigenvalue weighted by atomic mass is 9.92. The van der Waals surface area contributed by atoms with Gasteiger partial charge < -0.3 is 14.7 Å². The molecule has 1 fully saturated rings. The predicted molar refractivity (Wildman–Crippen MR) is 133 cm³/mol. The molecule has 11 nitrogen and oxygen atoms in total. The Bertz CT molecular complexity index is 1560. The molecule has 5 heterocycles. The maximum Gasteiger partial charge on any atom is 0.341 e. The molecule has 0 spiro atoms. The molecule has 184 valence electrons. The van der Waals surface area contributed by atoms with E-state index in [-0.39, 0.29) is 39.6 Å². The molecular formula is C23H19ClN6O5S. The minimum atomic E-state index is -1.36. The highest BCUT2D eigenvalue weighted by atomic mass is 35.5. The Morgan fingerprint density at radius 1 is 1.28 bits per heavy atom. The molecule has 0 amide bonds. The van der Waals surface area contributed by atoms with E-state index in [1.165, 1.54) is 10.8 Å². The molecule has 0 atom stereocenters. The normalized spacial score (nSPS) is 13.6. The number of ketones is 1. The molecule has 5 rings (SSSR count). The first kappa shape index (κ1) is 23.8. The molecule has 13 heteroatoms. The smallest absolute Gasteiger partial charge is 0.341 e. The molecule has 0 aliphatic carbocycles. The second kappa shape index (κ2) is 9.28. The fourth-order valence-corrected chi connectivity index (χ4v) is 4.85. The number of carboxylic acids is 1. The summed E-state index contributed by atoms with van der Waals surface area (Å²) in [6.07, 6.45) is 2.99. The Hall–Kier alpha value is -3.90. The Balaban J connectivity index is 1.44. The largest absolute Gasteiger partial charge is 0.495 e. The second-order valence-electron chi connectivity index (χ2n) is 8.32. The van der Waals surface area contributed by atoms with Gasteiger partial charge in [0.25, 0.3) is 0 Å². The van der Waals surface area contributed by atoms with E-state index in [1.807, 2.05) is 4.90 Å². The average Bonchev–Trinajstić information content (AvgIpc) is 3.24. The monoisotopic (exact) mass is 526 g/mol. The molecule has 0 saturated carbocycles. The standard InChI is InChI=1S/C23H19ClN6O5S/c1-11-5-17(29-8-12(9-29)16(31)6-13-3-4-14(35-2)7-25-13)26-20-18(11)19(32)15(21(33)34)10-30(20)23-27-22(24)28-36-23/h3-5,7,10,12H,6,8-9H2,1-2H3,(H,33,34). The zero-order valence-corrected chi connectivity index (χ0v) is 20.7. The molecule has 4 aromatic heterocycles. The van der Waals surface area contributed by atoms with Gasteiger partial charge in [0.2, 0.25) is 15.8 Å². The molecule has 1 N–H and O–H groups in total. The summed E-state index contributed by atoms with van der Waals surface area (Å²) < 4.78 is 10.4. The number of hydrogen-bond donors (Lipinski definition) is 1. The number of rotatable bonds is 7. The number of aromatic carboxylic acids is 1. The van der Waals surface area contributed by atoms with Crippen molar-refractivity contribution in [2.75, 3.05) is 25.1 Å². The highest BCUT2D eigenvalue weighted by molar-refractivity contribution is 7.08. The van der Waals surface area contributed by atoms with Gasteiger partial charge in [-0.25, -0.2) is 9.78 Å². The van der Waals surface area contributed by atoms with Crippen LogP contribution in [0.25, 0.3) is 16.2 Å². The van der Waals surface area contributed by atoms with Crippen LogP contribution in [0.2, 0.25) is 5.28 Å². The maximum absolute atomic E-state index is 12.9. The van der Waals surface area contributed by atoms with Gasteiger partial charge in [0.05, 0.1) is 24.6 Å². The summed E-state index contributed by atoms with van der Waals surface area (Å²) in [6.45, 7) is 2.65. The quantitative estimate of drug-likeness (QED) is 0.382. The van der Waals surface area contributed by atoms with Gasteiger partial charge in [-0.15, -0.1) is 0 Å². The van der Waals surface area contributed by atoms with Crippen LogP contribution in [0.5, 0.6) is 5.75 Å². The van der Waals surface area contributed by atoms with Crippen molar-refractivity contribution in [3.63, 3.8) is 0 Å². The summed E-state index contributed by atoms with van der Waals surface area (Å²) in [4.78, 5) is 52.4. The van der Waals surface area contributed by atoms with Crippen molar-refractivity contribution in [2.24, 2.45) is 5.92 Å². The number of aryl methyl sites for hydroxylation is 1. The zero-order chi connectivity index (χ0) is 25.6. The third-order valence-corrected chi connectivity index (χ3v) is 7.00. The molecule has 0 aromatic carbocycles. The van der Waals surface area contributed by atoms with E-state index in [4.69, 9.17) is 16.3 Å². The van der Waals surface area contributed by atoms with E-state index >= 15 is 0 Å². The van der Waals surface area contributed by atoms with Crippen molar-refractivity contribution in [1.82, 2.24) is 23.9 Å². The number of ether oxygens (including phenoxy) is 1. The topological polar surface area (TPSA) is 140 Å². The fraction of sp³-hybridized carbons (Fsp3) is 0.261. The van der Waals surface area contributed by atoms with E-state index in [0.717, 1.165) is 11.5 Å². The van der Waals surface area contributed by atoms with Crippen LogP contribution < -0.4 is 15.1 Å². The Labute approximate surface area is 213 Å². The number of methoxy groups -OCH3 is 1. The molecule has 4 aromatic rings. The van der Waals surface area contributed by atoms with Crippen molar-refractivity contribution in [2.45, 2.75) is 13.3 Å². The maximum atomic E-state index is 12.9. The van der Waals surface area contributed by atoms with Crippen LogP contribution in [-0.2, 0) is 11.2 Å². The first-order valence-corrected chi connectivity index (χ1v) is 12.0. The van der Waals surface area contributed by atoms with Crippen LogP contribution in [0.15, 0.2) is 35.4 Å². The summed E-state index contributed by atoms with van der Waals surface area (Å²) in [6, 6.07) is 5.26. The number of anilines is 1. The number of hydrogen-bond acceptors (Lipinski definition) is 10. The van der Waals surface area contributed by atoms with Gasteiger partial charge in [-0.2, -0.15) is 9.36 Å². The molecule has 1 aliphatic rings. The summed E-state index contributed by atoms with van der Waals surface area (Å²) in [7, 11) is 1.56. The molecule has 0 bridgehead atoms. The molecule has 0 radical (unpaired) electrons. The summed E-state index contributed by atoms with van der Waals surface area (Å²) in [5, 5.41) is 10.0. The van der Waals surface area contributed by atoms with E-state index in [0.29, 0.717) is 35.9 Å². The number of aromatic nitrogens is 5. The van der Waals surface area contributed by atoms with Gasteiger partial charge in [0.15, 0.2) is 5.65 Å². The molecule has 0 unspecified atom stereocenters. The lowest BCUT2D eigenvalue weighted by molar-refractivity contribution is -0.123. The molecular weight excluding hydrogens is 508 g/mol. The van der Waals surface area contributed by atoms with Gasteiger partial charge in [-0.3, -0.25) is 19.1 Å². The Morgan fingerprint density at radius 3 is 2.67 bits per heavy atom. The zero-order valence-electron chi connectivity index (χ0n) is 19.1. The predicted octanol–water partition coefficient (Wildman–Crippen LogP) is 2.55. The van der Waals surface area contributed by atoms with Crippen LogP contribution in [0.1, 0.15) is 21.6 Å². The van der Waals surface area contributed by atoms with Gasteiger partial charge in [0, 0.05) is 42.9 Å². The SMILES string of the molecule is COc1ccc(CC(=O)C2CN(c3cc(C)c4c(=O)c(C(=O)O)cn(-c5nc(Cl)ns5)c4n3)C2)nc1. The highest BCUT2D eigenvalue weighted by Gasteiger charge is 2.34. The molecule has 1 aliphatic heterocycles. The number of carboxylic acid groups (broad SMARTS) is 1. The number of nitrogens with zero attached hydrogens (tertiary/aromatic N) is 6. The van der Waals surface area contributed by atoms with Gasteiger partial charge >= 0.3 is 5.97 Å². The first-order valence-electron chi connectivity index (χ1n) is 10.8. The van der Waals surface area contributed by atoms with Crippen molar-refractivity contribution >= 4 is 51.7 Å².